The maximum absolute atomic E-state index is 13.3. The maximum atomic E-state index is 13.3. The Balaban J connectivity index is 1.49. The van der Waals surface area contributed by atoms with Crippen LogP contribution in [0.15, 0.2) is 66.9 Å². The third-order valence-corrected chi connectivity index (χ3v) is 6.72. The number of esters is 1. The number of allylic oxidation sites excluding steroid dienone is 1. The van der Waals surface area contributed by atoms with Gasteiger partial charge >= 0.3 is 5.97 Å². The normalized spacial score (nSPS) is 16.2. The second-order valence-electron chi connectivity index (χ2n) is 9.15. The Hall–Kier alpha value is -4.50. The number of carbonyl (C=O) groups excluding carboxylic acids is 3. The molecule has 2 aromatic heterocycles. The van der Waals surface area contributed by atoms with Crippen LogP contribution >= 0.6 is 11.6 Å². The molecule has 3 heterocycles. The minimum atomic E-state index is -0.508. The van der Waals surface area contributed by atoms with Gasteiger partial charge in [-0.25, -0.2) is 4.98 Å². The highest BCUT2D eigenvalue weighted by Gasteiger charge is 2.23. The minimum absolute atomic E-state index is 0.0559. The molecule has 2 bridgehead atoms. The highest BCUT2D eigenvalue weighted by Crippen LogP contribution is 2.35. The summed E-state index contributed by atoms with van der Waals surface area (Å²) in [6, 6.07) is 13.9. The van der Waals surface area contributed by atoms with Crippen LogP contribution in [0.25, 0.3) is 22.2 Å². The number of hydrogen-bond acceptors (Lipinski definition) is 6. The second-order valence-corrected chi connectivity index (χ2v) is 9.53. The van der Waals surface area contributed by atoms with Crippen LogP contribution in [0.2, 0.25) is 5.15 Å². The van der Waals surface area contributed by atoms with Gasteiger partial charge in [0.1, 0.15) is 16.7 Å². The van der Waals surface area contributed by atoms with E-state index in [1.165, 1.54) is 7.11 Å². The molecule has 4 aromatic rings. The second kappa shape index (κ2) is 11.5. The van der Waals surface area contributed by atoms with Crippen molar-refractivity contribution in [3.63, 3.8) is 0 Å². The summed E-state index contributed by atoms with van der Waals surface area (Å²) in [7, 11) is 1.32. The molecule has 39 heavy (non-hydrogen) atoms. The van der Waals surface area contributed by atoms with Crippen molar-refractivity contribution in [1.82, 2.24) is 20.3 Å². The van der Waals surface area contributed by atoms with Crippen molar-refractivity contribution in [2.24, 2.45) is 0 Å². The number of nitrogens with one attached hydrogen (secondary N) is 3. The average molecular weight is 544 g/mol. The van der Waals surface area contributed by atoms with Gasteiger partial charge in [0, 0.05) is 29.1 Å². The van der Waals surface area contributed by atoms with Crippen molar-refractivity contribution < 1.29 is 19.1 Å². The van der Waals surface area contributed by atoms with Crippen LogP contribution in [0, 0.1) is 0 Å². The molecule has 9 nitrogen and oxygen atoms in total. The number of rotatable bonds is 4. The zero-order chi connectivity index (χ0) is 27.4. The molecule has 10 heteroatoms. The fourth-order valence-electron chi connectivity index (χ4n) is 4.43. The Morgan fingerprint density at radius 2 is 2.03 bits per heavy atom. The number of pyridine rings is 1. The predicted octanol–water partition coefficient (Wildman–Crippen LogP) is 5.14. The quantitative estimate of drug-likeness (QED) is 0.241. The standard InChI is InChI=1S/C29H26ClN5O4/c1-39-25(37)15-17-9-12-20-23(14-17)32-24(36)8-4-2-3-7-21(28-34-26(20)27(30)35-28)33-29(38)19-11-10-18-6-5-13-31-22(18)16-19/h2-3,5-6,9-14,16,21H,4,7-8,15H2,1H3,(H,32,36)(H,33,38)(H,34,35)/b3-2+/t21-/m0/s1. The number of anilines is 1. The van der Waals surface area contributed by atoms with Crippen LogP contribution in [0.3, 0.4) is 0 Å². The van der Waals surface area contributed by atoms with E-state index < -0.39 is 12.0 Å². The number of aromatic amines is 1. The fraction of sp³-hybridized carbons (Fsp3) is 0.207. The highest BCUT2D eigenvalue weighted by molar-refractivity contribution is 6.32. The van der Waals surface area contributed by atoms with Crippen molar-refractivity contribution in [2.45, 2.75) is 31.7 Å². The van der Waals surface area contributed by atoms with E-state index in [1.807, 2.05) is 30.4 Å². The molecule has 1 aliphatic heterocycles. The molecule has 0 saturated carbocycles. The topological polar surface area (TPSA) is 126 Å². The lowest BCUT2D eigenvalue weighted by molar-refractivity contribution is -0.139. The van der Waals surface area contributed by atoms with Gasteiger partial charge in [-0.1, -0.05) is 48.0 Å². The molecule has 5 rings (SSSR count). The Bertz CT molecular complexity index is 1600. The lowest BCUT2D eigenvalue weighted by atomic mass is 10.0. The summed E-state index contributed by atoms with van der Waals surface area (Å²) >= 11 is 6.60. The van der Waals surface area contributed by atoms with E-state index in [0.29, 0.717) is 46.7 Å². The number of benzene rings is 2. The van der Waals surface area contributed by atoms with Gasteiger partial charge in [-0.15, -0.1) is 0 Å². The van der Waals surface area contributed by atoms with Gasteiger partial charge in [0.05, 0.1) is 30.8 Å². The van der Waals surface area contributed by atoms with Crippen LogP contribution in [-0.2, 0) is 20.7 Å². The number of halogens is 1. The molecule has 0 unspecified atom stereocenters. The molecule has 0 spiro atoms. The van der Waals surface area contributed by atoms with Crippen molar-refractivity contribution in [3.8, 4) is 11.3 Å². The summed E-state index contributed by atoms with van der Waals surface area (Å²) in [5.41, 5.74) is 3.36. The highest BCUT2D eigenvalue weighted by atomic mass is 35.5. The third-order valence-electron chi connectivity index (χ3n) is 6.45. The zero-order valence-electron chi connectivity index (χ0n) is 21.2. The van der Waals surface area contributed by atoms with E-state index in [4.69, 9.17) is 21.3 Å². The van der Waals surface area contributed by atoms with Gasteiger partial charge in [0.25, 0.3) is 5.91 Å². The van der Waals surface area contributed by atoms with E-state index in [2.05, 4.69) is 20.6 Å². The van der Waals surface area contributed by atoms with Gasteiger partial charge in [-0.3, -0.25) is 19.4 Å². The number of nitrogens with zero attached hydrogens (tertiary/aromatic N) is 2. The zero-order valence-corrected chi connectivity index (χ0v) is 21.9. The number of imidazole rings is 1. The number of methoxy groups -OCH3 is 1. The molecule has 198 valence electrons. The first kappa shape index (κ1) is 26.1. The molecule has 2 aromatic carbocycles. The number of ether oxygens (including phenoxy) is 1. The summed E-state index contributed by atoms with van der Waals surface area (Å²) in [5, 5.41) is 7.18. The summed E-state index contributed by atoms with van der Waals surface area (Å²) in [5.74, 6) is -0.375. The number of carbonyl (C=O) groups is 3. The Labute approximate surface area is 229 Å². The first-order valence-corrected chi connectivity index (χ1v) is 12.8. The summed E-state index contributed by atoms with van der Waals surface area (Å²) in [6.45, 7) is 0. The molecular formula is C29H26ClN5O4. The van der Waals surface area contributed by atoms with Gasteiger partial charge in [-0.2, -0.15) is 0 Å². The molecule has 0 aliphatic carbocycles. The largest absolute Gasteiger partial charge is 0.469 e. The summed E-state index contributed by atoms with van der Waals surface area (Å²) in [4.78, 5) is 49.9. The van der Waals surface area contributed by atoms with E-state index in [0.717, 1.165) is 10.9 Å². The van der Waals surface area contributed by atoms with Crippen molar-refractivity contribution >= 4 is 46.0 Å². The molecule has 2 amide bonds. The molecule has 0 fully saturated rings. The molecule has 3 N–H and O–H groups in total. The smallest absolute Gasteiger partial charge is 0.309 e. The number of H-pyrrole nitrogens is 1. The number of fused-ring (bicyclic) bond motifs is 5. The van der Waals surface area contributed by atoms with Gasteiger partial charge in [-0.05, 0) is 42.7 Å². The van der Waals surface area contributed by atoms with Crippen LogP contribution in [0.5, 0.6) is 0 Å². The predicted molar refractivity (Wildman–Crippen MR) is 148 cm³/mol. The number of amides is 2. The SMILES string of the molecule is COC(=O)Cc1ccc2c(c1)NC(=O)CC/C=C/C[C@H](NC(=O)c1ccc3cccnc3c1)c1nc-2c(Cl)[nH]1. The van der Waals surface area contributed by atoms with E-state index in [9.17, 15) is 14.4 Å². The molecule has 1 atom stereocenters. The lowest BCUT2D eigenvalue weighted by Gasteiger charge is -2.15. The van der Waals surface area contributed by atoms with Crippen LogP contribution < -0.4 is 10.6 Å². The Kier molecular flexibility index (Phi) is 7.69. The van der Waals surface area contributed by atoms with Gasteiger partial charge < -0.3 is 20.4 Å². The van der Waals surface area contributed by atoms with E-state index in [-0.39, 0.29) is 29.8 Å². The average Bonchev–Trinajstić information content (AvgIpc) is 3.32. The van der Waals surface area contributed by atoms with Crippen molar-refractivity contribution in [3.05, 3.63) is 89.0 Å². The maximum Gasteiger partial charge on any atom is 0.309 e. The lowest BCUT2D eigenvalue weighted by Crippen LogP contribution is -2.29. The summed E-state index contributed by atoms with van der Waals surface area (Å²) < 4.78 is 4.77. The third kappa shape index (κ3) is 5.99. The van der Waals surface area contributed by atoms with E-state index in [1.54, 1.807) is 36.5 Å². The van der Waals surface area contributed by atoms with Crippen LogP contribution in [0.4, 0.5) is 5.69 Å². The monoisotopic (exact) mass is 543 g/mol. The number of aromatic nitrogens is 3. The molecule has 0 radical (unpaired) electrons. The first-order valence-electron chi connectivity index (χ1n) is 12.5. The van der Waals surface area contributed by atoms with Crippen molar-refractivity contribution in [2.75, 3.05) is 12.4 Å². The van der Waals surface area contributed by atoms with Crippen molar-refractivity contribution in [1.29, 1.82) is 0 Å². The Morgan fingerprint density at radius 3 is 2.87 bits per heavy atom. The first-order chi connectivity index (χ1) is 18.9. The molecule has 1 aliphatic rings. The van der Waals surface area contributed by atoms with Gasteiger partial charge in [0.2, 0.25) is 5.91 Å². The number of hydrogen-bond donors (Lipinski definition) is 3. The van der Waals surface area contributed by atoms with Gasteiger partial charge in [0.15, 0.2) is 0 Å². The van der Waals surface area contributed by atoms with E-state index >= 15 is 0 Å². The molecule has 0 saturated heterocycles. The molecular weight excluding hydrogens is 518 g/mol. The minimum Gasteiger partial charge on any atom is -0.469 e. The summed E-state index contributed by atoms with van der Waals surface area (Å²) in [6.07, 6.45) is 6.77. The fourth-order valence-corrected chi connectivity index (χ4v) is 4.67. The van der Waals surface area contributed by atoms with Crippen LogP contribution in [0.1, 0.15) is 47.1 Å². The van der Waals surface area contributed by atoms with Crippen LogP contribution in [-0.4, -0.2) is 39.8 Å². The Morgan fingerprint density at radius 1 is 1.15 bits per heavy atom.